The van der Waals surface area contributed by atoms with Crippen molar-refractivity contribution in [2.75, 3.05) is 47.5 Å². The Morgan fingerprint density at radius 1 is 0.457 bits per heavy atom. The van der Waals surface area contributed by atoms with E-state index in [4.69, 9.17) is 18.5 Å². The predicted molar refractivity (Wildman–Crippen MR) is 296 cm³/mol. The maximum Gasteiger partial charge on any atom is 0.306 e. The molecule has 2 unspecified atom stereocenters. The number of phosphoric ester groups is 1. The molecule has 0 saturated carbocycles. The minimum atomic E-state index is -4.64. The Morgan fingerprint density at radius 2 is 0.814 bits per heavy atom. The molecule has 0 aliphatic rings. The number of carbonyl (C=O) groups is 2. The van der Waals surface area contributed by atoms with Crippen LogP contribution in [0.15, 0.2) is 60.8 Å². The minimum Gasteiger partial charge on any atom is -0.756 e. The van der Waals surface area contributed by atoms with Crippen LogP contribution in [0.2, 0.25) is 0 Å². The highest BCUT2D eigenvalue weighted by atomic mass is 31.2. The lowest BCUT2D eigenvalue weighted by Gasteiger charge is -2.28. The lowest BCUT2D eigenvalue weighted by atomic mass is 10.0. The first-order chi connectivity index (χ1) is 34.0. The standard InChI is InChI=1S/C60H110NO8P/c1-6-8-10-12-14-16-18-20-22-24-26-28-29-30-31-33-35-37-39-41-43-45-47-49-51-53-60(63)69-58(57-68-70(64,65)67-55-54-61(3,4)5)56-66-59(62)52-50-48-46-44-42-40-38-36-34-32-27-25-23-21-19-17-15-13-11-9-7-2/h8,10,14,16,20,22,25-28,58H,6-7,9,11-13,15,17-19,21,23-24,29-57H2,1-5H3/b10-8-,16-14-,22-20-,27-25-,28-26-. The first kappa shape index (κ1) is 67.7. The van der Waals surface area contributed by atoms with E-state index >= 15 is 0 Å². The van der Waals surface area contributed by atoms with E-state index in [1.807, 2.05) is 21.1 Å². The van der Waals surface area contributed by atoms with Crippen molar-refractivity contribution < 1.29 is 42.1 Å². The molecule has 70 heavy (non-hydrogen) atoms. The molecule has 10 heteroatoms. The van der Waals surface area contributed by atoms with Crippen molar-refractivity contribution in [3.05, 3.63) is 60.8 Å². The van der Waals surface area contributed by atoms with Crippen LogP contribution < -0.4 is 4.89 Å². The lowest BCUT2D eigenvalue weighted by molar-refractivity contribution is -0.870. The summed E-state index contributed by atoms with van der Waals surface area (Å²) in [5.74, 6) is -0.832. The molecular weight excluding hydrogens is 894 g/mol. The summed E-state index contributed by atoms with van der Waals surface area (Å²) in [5, 5.41) is 0. The molecule has 0 saturated heterocycles. The van der Waals surface area contributed by atoms with E-state index in [-0.39, 0.29) is 32.0 Å². The quantitative estimate of drug-likeness (QED) is 0.0195. The molecule has 2 atom stereocenters. The summed E-state index contributed by atoms with van der Waals surface area (Å²) in [6.45, 7) is 4.15. The van der Waals surface area contributed by atoms with Crippen molar-refractivity contribution in [1.29, 1.82) is 0 Å². The number of nitrogens with zero attached hydrogens (tertiary/aromatic N) is 1. The highest BCUT2D eigenvalue weighted by Gasteiger charge is 2.22. The Morgan fingerprint density at radius 3 is 1.23 bits per heavy atom. The van der Waals surface area contributed by atoms with Crippen molar-refractivity contribution in [1.82, 2.24) is 0 Å². The monoisotopic (exact) mass is 1000 g/mol. The second-order valence-electron chi connectivity index (χ2n) is 20.6. The third kappa shape index (κ3) is 55.0. The predicted octanol–water partition coefficient (Wildman–Crippen LogP) is 17.3. The van der Waals surface area contributed by atoms with Gasteiger partial charge in [0, 0.05) is 12.8 Å². The number of esters is 2. The van der Waals surface area contributed by atoms with Crippen LogP contribution in [0.1, 0.15) is 258 Å². The first-order valence-electron chi connectivity index (χ1n) is 29.0. The van der Waals surface area contributed by atoms with Gasteiger partial charge in [-0.3, -0.25) is 14.2 Å². The SMILES string of the molecule is CC/C=C\C/C=C\C/C=C\C/C=C\CCCCCCCCCCCCCCC(=O)OC(COC(=O)CCCCCCCCCCC/C=C\CCCCCCCCCC)COP(=O)([O-])OCC[N+](C)(C)C. The Labute approximate surface area is 432 Å². The fraction of sp³-hybridized carbons (Fsp3) is 0.800. The average Bonchev–Trinajstić information content (AvgIpc) is 3.32. The van der Waals surface area contributed by atoms with Gasteiger partial charge in [0.05, 0.1) is 27.7 Å². The summed E-state index contributed by atoms with van der Waals surface area (Å²) in [5.41, 5.74) is 0. The molecule has 0 aromatic rings. The second kappa shape index (κ2) is 51.6. The van der Waals surface area contributed by atoms with Gasteiger partial charge in [-0.2, -0.15) is 0 Å². The second-order valence-corrected chi connectivity index (χ2v) is 22.0. The summed E-state index contributed by atoms with van der Waals surface area (Å²) in [7, 11) is 1.17. The molecule has 0 aliphatic heterocycles. The van der Waals surface area contributed by atoms with Crippen LogP contribution in [-0.2, 0) is 32.7 Å². The van der Waals surface area contributed by atoms with Crippen molar-refractivity contribution in [2.45, 2.75) is 264 Å². The zero-order valence-corrected chi connectivity index (χ0v) is 47.1. The molecule has 0 aromatic heterocycles. The fourth-order valence-electron chi connectivity index (χ4n) is 8.05. The Kier molecular flexibility index (Phi) is 49.9. The zero-order chi connectivity index (χ0) is 51.3. The van der Waals surface area contributed by atoms with E-state index in [1.165, 1.54) is 161 Å². The molecule has 0 radical (unpaired) electrons. The number of likely N-dealkylation sites (N-methyl/N-ethyl adjacent to an activating group) is 1. The van der Waals surface area contributed by atoms with Gasteiger partial charge in [-0.25, -0.2) is 0 Å². The van der Waals surface area contributed by atoms with E-state index in [9.17, 15) is 19.0 Å². The van der Waals surface area contributed by atoms with Gasteiger partial charge in [-0.1, -0.05) is 229 Å². The zero-order valence-electron chi connectivity index (χ0n) is 46.2. The van der Waals surface area contributed by atoms with Crippen molar-refractivity contribution in [3.8, 4) is 0 Å². The molecule has 0 heterocycles. The van der Waals surface area contributed by atoms with Crippen LogP contribution in [0.4, 0.5) is 0 Å². The molecular formula is C60H110NO8P. The highest BCUT2D eigenvalue weighted by molar-refractivity contribution is 7.45. The molecule has 0 aromatic carbocycles. The number of quaternary nitrogens is 1. The third-order valence-corrected chi connectivity index (χ3v) is 13.5. The minimum absolute atomic E-state index is 0.0325. The van der Waals surface area contributed by atoms with Crippen LogP contribution in [0, 0.1) is 0 Å². The van der Waals surface area contributed by atoms with Gasteiger partial charge in [0.15, 0.2) is 6.10 Å². The number of allylic oxidation sites excluding steroid dienone is 10. The normalized spacial score (nSPS) is 13.7. The van der Waals surface area contributed by atoms with E-state index in [2.05, 4.69) is 74.6 Å². The number of hydrogen-bond acceptors (Lipinski definition) is 8. The van der Waals surface area contributed by atoms with Crippen molar-refractivity contribution in [3.63, 3.8) is 0 Å². The van der Waals surface area contributed by atoms with E-state index in [0.29, 0.717) is 17.4 Å². The molecule has 0 bridgehead atoms. The smallest absolute Gasteiger partial charge is 0.306 e. The Hall–Kier alpha value is -2.29. The number of hydrogen-bond donors (Lipinski definition) is 0. The molecule has 0 amide bonds. The lowest BCUT2D eigenvalue weighted by Crippen LogP contribution is -2.37. The summed E-state index contributed by atoms with van der Waals surface area (Å²) < 4.78 is 34.2. The summed E-state index contributed by atoms with van der Waals surface area (Å²) >= 11 is 0. The van der Waals surface area contributed by atoms with E-state index in [1.54, 1.807) is 0 Å². The largest absolute Gasteiger partial charge is 0.756 e. The molecule has 408 valence electrons. The molecule has 9 nitrogen and oxygen atoms in total. The summed E-state index contributed by atoms with van der Waals surface area (Å²) in [6, 6.07) is 0. The maximum absolute atomic E-state index is 12.8. The van der Waals surface area contributed by atoms with Crippen LogP contribution in [-0.4, -0.2) is 70.0 Å². The van der Waals surface area contributed by atoms with Crippen LogP contribution in [0.5, 0.6) is 0 Å². The van der Waals surface area contributed by atoms with Crippen LogP contribution in [0.25, 0.3) is 0 Å². The van der Waals surface area contributed by atoms with Crippen molar-refractivity contribution >= 4 is 19.8 Å². The van der Waals surface area contributed by atoms with Crippen LogP contribution >= 0.6 is 7.82 Å². The third-order valence-electron chi connectivity index (χ3n) is 12.5. The maximum atomic E-state index is 12.8. The highest BCUT2D eigenvalue weighted by Crippen LogP contribution is 2.38. The van der Waals surface area contributed by atoms with Gasteiger partial charge in [0.1, 0.15) is 19.8 Å². The van der Waals surface area contributed by atoms with Gasteiger partial charge in [-0.15, -0.1) is 0 Å². The van der Waals surface area contributed by atoms with Crippen molar-refractivity contribution in [2.24, 2.45) is 0 Å². The number of ether oxygens (including phenoxy) is 2. The number of rotatable bonds is 53. The van der Waals surface area contributed by atoms with Gasteiger partial charge >= 0.3 is 11.9 Å². The number of carbonyl (C=O) groups excluding carboxylic acids is 2. The molecule has 0 fully saturated rings. The molecule has 0 rings (SSSR count). The fourth-order valence-corrected chi connectivity index (χ4v) is 8.78. The van der Waals surface area contributed by atoms with Gasteiger partial charge < -0.3 is 27.9 Å². The first-order valence-corrected chi connectivity index (χ1v) is 30.5. The van der Waals surface area contributed by atoms with Gasteiger partial charge in [-0.05, 0) is 77.0 Å². The van der Waals surface area contributed by atoms with Crippen LogP contribution in [0.3, 0.4) is 0 Å². The number of unbranched alkanes of at least 4 members (excludes halogenated alkanes) is 29. The topological polar surface area (TPSA) is 111 Å². The molecule has 0 N–H and O–H groups in total. The summed E-state index contributed by atoms with van der Waals surface area (Å²) in [4.78, 5) is 37.9. The molecule has 0 aliphatic carbocycles. The Bertz CT molecular complexity index is 1370. The summed E-state index contributed by atoms with van der Waals surface area (Å²) in [6.07, 6.45) is 65.4. The van der Waals surface area contributed by atoms with Gasteiger partial charge in [0.25, 0.3) is 7.82 Å². The van der Waals surface area contributed by atoms with Gasteiger partial charge in [0.2, 0.25) is 0 Å². The van der Waals surface area contributed by atoms with E-state index in [0.717, 1.165) is 64.2 Å². The Balaban J connectivity index is 4.17. The average molecular weight is 1000 g/mol. The number of phosphoric acid groups is 1. The van der Waals surface area contributed by atoms with E-state index < -0.39 is 26.5 Å². The molecule has 0 spiro atoms.